The number of hydrogen-bond acceptors (Lipinski definition) is 1. The molecule has 114 valence electrons. The fourth-order valence-corrected chi connectivity index (χ4v) is 3.74. The Kier molecular flexibility index (Phi) is 4.15. The van der Waals surface area contributed by atoms with Crippen molar-refractivity contribution >= 4 is 34.2 Å². The Morgan fingerprint density at radius 1 is 1.29 bits per heavy atom. The van der Waals surface area contributed by atoms with E-state index in [0.717, 1.165) is 30.1 Å². The molecular weight excluding hydrogens is 310 g/mol. The molecule has 0 N–H and O–H groups in total. The summed E-state index contributed by atoms with van der Waals surface area (Å²) in [6.45, 7) is 4.60. The Bertz CT molecular complexity index is 668. The maximum atomic E-state index is 13.6. The second-order valence-corrected chi connectivity index (χ2v) is 6.88. The first-order chi connectivity index (χ1) is 10.0. The number of benzene rings is 1. The smallest absolute Gasteiger partial charge is 0.144 e. The molecule has 0 amide bonds. The van der Waals surface area contributed by atoms with Crippen LogP contribution >= 0.6 is 23.2 Å². The molecule has 1 aliphatic carbocycles. The molecule has 1 heterocycles. The fourth-order valence-electron chi connectivity index (χ4n) is 3.40. The average Bonchev–Trinajstić information content (AvgIpc) is 2.80. The summed E-state index contributed by atoms with van der Waals surface area (Å²) in [6, 6.07) is 3.45. The largest absolute Gasteiger partial charge is 0.324 e. The lowest BCUT2D eigenvalue weighted by Gasteiger charge is -2.33. The normalized spacial score (nSPS) is 26.4. The lowest BCUT2D eigenvalue weighted by molar-refractivity contribution is 0.211. The molecule has 1 saturated carbocycles. The van der Waals surface area contributed by atoms with E-state index < -0.39 is 5.82 Å². The second kappa shape index (κ2) is 5.77. The summed E-state index contributed by atoms with van der Waals surface area (Å²) in [5, 5.41) is 0.141. The number of imidazole rings is 1. The maximum absolute atomic E-state index is 13.6. The SMILES string of the molecule is CC1CCC(n2c(CCl)nc3cc(F)c(Cl)cc32)CC1C. The van der Waals surface area contributed by atoms with Gasteiger partial charge in [0.05, 0.1) is 21.9 Å². The third-order valence-electron chi connectivity index (χ3n) is 4.86. The molecule has 21 heavy (non-hydrogen) atoms. The van der Waals surface area contributed by atoms with Gasteiger partial charge < -0.3 is 4.57 Å². The van der Waals surface area contributed by atoms with Gasteiger partial charge in [0.2, 0.25) is 0 Å². The highest BCUT2D eigenvalue weighted by atomic mass is 35.5. The number of alkyl halides is 1. The van der Waals surface area contributed by atoms with Crippen molar-refractivity contribution in [2.75, 3.05) is 0 Å². The van der Waals surface area contributed by atoms with Gasteiger partial charge in [-0.15, -0.1) is 11.6 Å². The van der Waals surface area contributed by atoms with Crippen LogP contribution in [0, 0.1) is 17.7 Å². The first-order valence-corrected chi connectivity index (χ1v) is 8.34. The zero-order chi connectivity index (χ0) is 15.1. The van der Waals surface area contributed by atoms with Crippen LogP contribution in [0.3, 0.4) is 0 Å². The summed E-state index contributed by atoms with van der Waals surface area (Å²) >= 11 is 12.0. The van der Waals surface area contributed by atoms with Crippen LogP contribution in [0.25, 0.3) is 11.0 Å². The summed E-state index contributed by atoms with van der Waals surface area (Å²) in [4.78, 5) is 4.48. The monoisotopic (exact) mass is 328 g/mol. The Balaban J connectivity index is 2.10. The second-order valence-electron chi connectivity index (χ2n) is 6.21. The zero-order valence-corrected chi connectivity index (χ0v) is 13.8. The third-order valence-corrected chi connectivity index (χ3v) is 5.39. The Labute approximate surface area is 134 Å². The van der Waals surface area contributed by atoms with Gasteiger partial charge >= 0.3 is 0 Å². The van der Waals surface area contributed by atoms with Crippen LogP contribution in [-0.2, 0) is 5.88 Å². The average molecular weight is 329 g/mol. The van der Waals surface area contributed by atoms with Crippen molar-refractivity contribution in [3.63, 3.8) is 0 Å². The van der Waals surface area contributed by atoms with E-state index in [1.807, 2.05) is 0 Å². The maximum Gasteiger partial charge on any atom is 0.144 e. The number of rotatable bonds is 2. The van der Waals surface area contributed by atoms with Crippen LogP contribution < -0.4 is 0 Å². The molecule has 0 saturated heterocycles. The molecule has 1 aromatic carbocycles. The van der Waals surface area contributed by atoms with Crippen LogP contribution in [0.5, 0.6) is 0 Å². The molecule has 3 rings (SSSR count). The molecule has 2 aromatic rings. The van der Waals surface area contributed by atoms with Gasteiger partial charge in [-0.25, -0.2) is 9.37 Å². The molecule has 0 radical (unpaired) electrons. The Morgan fingerprint density at radius 3 is 2.71 bits per heavy atom. The molecule has 5 heteroatoms. The van der Waals surface area contributed by atoms with Gasteiger partial charge in [-0.2, -0.15) is 0 Å². The third kappa shape index (κ3) is 2.66. The minimum atomic E-state index is -0.430. The van der Waals surface area contributed by atoms with Crippen molar-refractivity contribution < 1.29 is 4.39 Å². The van der Waals surface area contributed by atoms with Gasteiger partial charge in [-0.3, -0.25) is 0 Å². The number of aromatic nitrogens is 2. The van der Waals surface area contributed by atoms with Crippen molar-refractivity contribution in [2.24, 2.45) is 11.8 Å². The zero-order valence-electron chi connectivity index (χ0n) is 12.2. The minimum absolute atomic E-state index is 0.141. The molecule has 0 aliphatic heterocycles. The molecule has 0 bridgehead atoms. The van der Waals surface area contributed by atoms with Gasteiger partial charge in [0.15, 0.2) is 0 Å². The van der Waals surface area contributed by atoms with E-state index in [-0.39, 0.29) is 5.02 Å². The van der Waals surface area contributed by atoms with E-state index in [9.17, 15) is 4.39 Å². The van der Waals surface area contributed by atoms with Gasteiger partial charge in [-0.05, 0) is 37.2 Å². The van der Waals surface area contributed by atoms with E-state index >= 15 is 0 Å². The minimum Gasteiger partial charge on any atom is -0.324 e. The van der Waals surface area contributed by atoms with E-state index in [0.29, 0.717) is 23.4 Å². The topological polar surface area (TPSA) is 17.8 Å². The summed E-state index contributed by atoms with van der Waals surface area (Å²) < 4.78 is 15.8. The number of fused-ring (bicyclic) bond motifs is 1. The lowest BCUT2D eigenvalue weighted by atomic mass is 9.79. The molecule has 0 spiro atoms. The Morgan fingerprint density at radius 2 is 2.05 bits per heavy atom. The standard InChI is InChI=1S/C16H19Cl2FN2/c1-9-3-4-11(5-10(9)2)21-15-6-12(18)13(19)7-14(15)20-16(21)8-17/h6-7,9-11H,3-5,8H2,1-2H3. The van der Waals surface area contributed by atoms with Gasteiger partial charge in [0.25, 0.3) is 0 Å². The molecular formula is C16H19Cl2FN2. The van der Waals surface area contributed by atoms with Crippen molar-refractivity contribution in [2.45, 2.75) is 45.0 Å². The van der Waals surface area contributed by atoms with Crippen LogP contribution in [0.15, 0.2) is 12.1 Å². The predicted molar refractivity (Wildman–Crippen MR) is 85.5 cm³/mol. The van der Waals surface area contributed by atoms with Crippen molar-refractivity contribution in [3.8, 4) is 0 Å². The number of hydrogen-bond donors (Lipinski definition) is 0. The van der Waals surface area contributed by atoms with E-state index in [1.165, 1.54) is 12.5 Å². The predicted octanol–water partition coefficient (Wildman–Crippen LogP) is 5.56. The highest BCUT2D eigenvalue weighted by Crippen LogP contribution is 2.39. The quantitative estimate of drug-likeness (QED) is 0.659. The van der Waals surface area contributed by atoms with Crippen molar-refractivity contribution in [1.29, 1.82) is 0 Å². The first-order valence-electron chi connectivity index (χ1n) is 7.43. The lowest BCUT2D eigenvalue weighted by Crippen LogP contribution is -2.24. The first kappa shape index (κ1) is 15.1. The van der Waals surface area contributed by atoms with Gasteiger partial charge in [-0.1, -0.05) is 25.4 Å². The summed E-state index contributed by atoms with van der Waals surface area (Å²) in [7, 11) is 0. The number of halogens is 3. The van der Waals surface area contributed by atoms with Crippen molar-refractivity contribution in [1.82, 2.24) is 9.55 Å². The molecule has 2 nitrogen and oxygen atoms in total. The van der Waals surface area contributed by atoms with Crippen LogP contribution in [0.2, 0.25) is 5.02 Å². The summed E-state index contributed by atoms with van der Waals surface area (Å²) in [5.74, 6) is 2.12. The van der Waals surface area contributed by atoms with E-state index in [2.05, 4.69) is 23.4 Å². The van der Waals surface area contributed by atoms with Crippen LogP contribution in [-0.4, -0.2) is 9.55 Å². The van der Waals surface area contributed by atoms with Crippen LogP contribution in [0.1, 0.15) is 45.0 Å². The van der Waals surface area contributed by atoms with E-state index in [1.54, 1.807) is 6.07 Å². The molecule has 1 aromatic heterocycles. The van der Waals surface area contributed by atoms with Gasteiger partial charge in [0, 0.05) is 12.1 Å². The molecule has 1 fully saturated rings. The van der Waals surface area contributed by atoms with Crippen LogP contribution in [0.4, 0.5) is 4.39 Å². The van der Waals surface area contributed by atoms with Gasteiger partial charge in [0.1, 0.15) is 11.6 Å². The molecule has 3 atom stereocenters. The Hall–Kier alpha value is -0.800. The fraction of sp³-hybridized carbons (Fsp3) is 0.562. The molecule has 1 aliphatic rings. The molecule has 3 unspecified atom stereocenters. The number of nitrogens with zero attached hydrogens (tertiary/aromatic N) is 2. The summed E-state index contributed by atoms with van der Waals surface area (Å²) in [5.41, 5.74) is 1.53. The van der Waals surface area contributed by atoms with E-state index in [4.69, 9.17) is 23.2 Å². The van der Waals surface area contributed by atoms with Crippen molar-refractivity contribution in [3.05, 3.63) is 28.8 Å². The summed E-state index contributed by atoms with van der Waals surface area (Å²) in [6.07, 6.45) is 3.41. The highest BCUT2D eigenvalue weighted by Gasteiger charge is 2.28. The highest BCUT2D eigenvalue weighted by molar-refractivity contribution is 6.31.